The van der Waals surface area contributed by atoms with Gasteiger partial charge in [0.2, 0.25) is 0 Å². The molecule has 0 spiro atoms. The van der Waals surface area contributed by atoms with Crippen LogP contribution in [0.4, 0.5) is 5.82 Å². The summed E-state index contributed by atoms with van der Waals surface area (Å²) in [6.45, 7) is 1.78. The summed E-state index contributed by atoms with van der Waals surface area (Å²) in [5.74, 6) is -1.33. The van der Waals surface area contributed by atoms with E-state index in [0.717, 1.165) is 10.1 Å². The number of rotatable bonds is 9. The molecular weight excluding hydrogens is 526 g/mol. The van der Waals surface area contributed by atoms with Gasteiger partial charge in [-0.1, -0.05) is 66.7 Å². The Labute approximate surface area is 236 Å². The monoisotopic (exact) mass is 555 g/mol. The van der Waals surface area contributed by atoms with Crippen molar-refractivity contribution in [2.24, 2.45) is 0 Å². The van der Waals surface area contributed by atoms with Gasteiger partial charge in [-0.25, -0.2) is 14.4 Å². The van der Waals surface area contributed by atoms with E-state index in [1.807, 2.05) is 30.3 Å². The SMILES string of the molecule is CC1(OC(=O)c2ccccc2)C(OC(=O)c2ccccc2)C(COCc2ccccc2)OC1n1ccc(N)nc1=O. The molecule has 3 aromatic carbocycles. The minimum Gasteiger partial charge on any atom is -0.451 e. The predicted molar refractivity (Wildman–Crippen MR) is 149 cm³/mol. The molecule has 4 aromatic rings. The fourth-order valence-electron chi connectivity index (χ4n) is 4.71. The molecule has 2 N–H and O–H groups in total. The van der Waals surface area contributed by atoms with Crippen molar-refractivity contribution in [3.05, 3.63) is 130 Å². The maximum Gasteiger partial charge on any atom is 0.351 e. The van der Waals surface area contributed by atoms with E-state index < -0.39 is 41.7 Å². The number of anilines is 1. The van der Waals surface area contributed by atoms with E-state index in [-0.39, 0.29) is 24.6 Å². The summed E-state index contributed by atoms with van der Waals surface area (Å²) in [5, 5.41) is 0. The zero-order valence-electron chi connectivity index (χ0n) is 22.3. The molecule has 0 amide bonds. The van der Waals surface area contributed by atoms with Crippen LogP contribution in [0.15, 0.2) is 108 Å². The highest BCUT2D eigenvalue weighted by Crippen LogP contribution is 2.43. The molecule has 1 fully saturated rings. The summed E-state index contributed by atoms with van der Waals surface area (Å²) in [4.78, 5) is 43.4. The summed E-state index contributed by atoms with van der Waals surface area (Å²) >= 11 is 0. The molecule has 4 unspecified atom stereocenters. The lowest BCUT2D eigenvalue weighted by atomic mass is 9.95. The molecule has 1 saturated heterocycles. The second kappa shape index (κ2) is 12.2. The molecule has 2 heterocycles. The van der Waals surface area contributed by atoms with E-state index in [0.29, 0.717) is 5.56 Å². The van der Waals surface area contributed by atoms with E-state index in [2.05, 4.69) is 4.98 Å². The minimum absolute atomic E-state index is 0.0158. The zero-order chi connectivity index (χ0) is 28.8. The van der Waals surface area contributed by atoms with E-state index in [1.165, 1.54) is 12.3 Å². The second-order valence-electron chi connectivity index (χ2n) is 9.70. The van der Waals surface area contributed by atoms with E-state index in [1.54, 1.807) is 67.6 Å². The lowest BCUT2D eigenvalue weighted by Crippen LogP contribution is -2.51. The Morgan fingerprint density at radius 1 is 0.902 bits per heavy atom. The molecule has 1 aliphatic heterocycles. The minimum atomic E-state index is -1.68. The largest absolute Gasteiger partial charge is 0.451 e. The molecule has 1 aromatic heterocycles. The molecule has 1 aliphatic rings. The first-order valence-corrected chi connectivity index (χ1v) is 13.0. The van der Waals surface area contributed by atoms with Crippen molar-refractivity contribution < 1.29 is 28.5 Å². The van der Waals surface area contributed by atoms with Crippen LogP contribution in [0.5, 0.6) is 0 Å². The maximum atomic E-state index is 13.4. The van der Waals surface area contributed by atoms with E-state index in [9.17, 15) is 14.4 Å². The maximum absolute atomic E-state index is 13.4. The second-order valence-corrected chi connectivity index (χ2v) is 9.70. The molecular formula is C31H29N3O7. The van der Waals surface area contributed by atoms with Crippen LogP contribution in [0.1, 0.15) is 39.4 Å². The molecule has 0 saturated carbocycles. The number of nitrogens with two attached hydrogens (primary N) is 1. The topological polar surface area (TPSA) is 132 Å². The number of aromatic nitrogens is 2. The Morgan fingerprint density at radius 2 is 1.49 bits per heavy atom. The van der Waals surface area contributed by atoms with Crippen molar-refractivity contribution in [3.63, 3.8) is 0 Å². The first-order valence-electron chi connectivity index (χ1n) is 13.0. The Balaban J connectivity index is 1.52. The summed E-state index contributed by atoms with van der Waals surface area (Å²) < 4.78 is 25.5. The van der Waals surface area contributed by atoms with Crippen LogP contribution in [0.25, 0.3) is 0 Å². The molecule has 0 bridgehead atoms. The van der Waals surface area contributed by atoms with Gasteiger partial charge in [-0.15, -0.1) is 0 Å². The van der Waals surface area contributed by atoms with Crippen molar-refractivity contribution in [2.45, 2.75) is 37.6 Å². The Hall–Kier alpha value is -4.80. The Kier molecular flexibility index (Phi) is 8.23. The molecule has 10 nitrogen and oxygen atoms in total. The van der Waals surface area contributed by atoms with Gasteiger partial charge in [0, 0.05) is 6.20 Å². The third-order valence-electron chi connectivity index (χ3n) is 6.76. The van der Waals surface area contributed by atoms with Gasteiger partial charge in [0.25, 0.3) is 0 Å². The fraction of sp³-hybridized carbons (Fsp3) is 0.226. The number of esters is 2. The van der Waals surface area contributed by atoms with Gasteiger partial charge in [-0.2, -0.15) is 4.98 Å². The van der Waals surface area contributed by atoms with Gasteiger partial charge in [0.15, 0.2) is 17.9 Å². The van der Waals surface area contributed by atoms with Crippen molar-refractivity contribution in [1.82, 2.24) is 9.55 Å². The van der Waals surface area contributed by atoms with Gasteiger partial charge in [0.05, 0.1) is 24.3 Å². The van der Waals surface area contributed by atoms with E-state index >= 15 is 0 Å². The Morgan fingerprint density at radius 3 is 2.10 bits per heavy atom. The normalized spacial score (nSPS) is 21.7. The van der Waals surface area contributed by atoms with Gasteiger partial charge in [-0.05, 0) is 42.8 Å². The van der Waals surface area contributed by atoms with Gasteiger partial charge in [0.1, 0.15) is 11.9 Å². The average Bonchev–Trinajstić information content (AvgIpc) is 3.24. The molecule has 10 heteroatoms. The highest BCUT2D eigenvalue weighted by atomic mass is 16.7. The number of ether oxygens (including phenoxy) is 4. The van der Waals surface area contributed by atoms with Crippen LogP contribution in [-0.2, 0) is 25.6 Å². The fourth-order valence-corrected chi connectivity index (χ4v) is 4.71. The highest BCUT2D eigenvalue weighted by molar-refractivity contribution is 5.90. The van der Waals surface area contributed by atoms with Crippen molar-refractivity contribution in [2.75, 3.05) is 12.3 Å². The summed E-state index contributed by atoms with van der Waals surface area (Å²) in [6.07, 6.45) is -1.93. The van der Waals surface area contributed by atoms with Crippen molar-refractivity contribution in [1.29, 1.82) is 0 Å². The first kappa shape index (κ1) is 27.8. The molecule has 41 heavy (non-hydrogen) atoms. The quantitative estimate of drug-likeness (QED) is 0.307. The zero-order valence-corrected chi connectivity index (χ0v) is 22.3. The smallest absolute Gasteiger partial charge is 0.351 e. The van der Waals surface area contributed by atoms with Crippen molar-refractivity contribution >= 4 is 17.8 Å². The van der Waals surface area contributed by atoms with Gasteiger partial charge in [-0.3, -0.25) is 4.57 Å². The lowest BCUT2D eigenvalue weighted by Gasteiger charge is -2.34. The van der Waals surface area contributed by atoms with Crippen LogP contribution in [0, 0.1) is 0 Å². The van der Waals surface area contributed by atoms with Gasteiger partial charge < -0.3 is 24.7 Å². The summed E-state index contributed by atoms with van der Waals surface area (Å²) in [6, 6.07) is 27.7. The third-order valence-corrected chi connectivity index (χ3v) is 6.76. The van der Waals surface area contributed by atoms with Gasteiger partial charge >= 0.3 is 17.6 Å². The molecule has 4 atom stereocenters. The highest BCUT2D eigenvalue weighted by Gasteiger charge is 2.60. The van der Waals surface area contributed by atoms with Crippen LogP contribution < -0.4 is 11.4 Å². The van der Waals surface area contributed by atoms with Crippen LogP contribution in [0.3, 0.4) is 0 Å². The standard InChI is InChI=1S/C31H29N3O7/c1-31(41-28(36)23-15-9-4-10-16-23)26(40-27(35)22-13-7-3-8-14-22)24(20-38-19-21-11-5-2-6-12-21)39-29(31)34-18-17-25(32)33-30(34)37/h2-18,24,26,29H,19-20H2,1H3,(H2,32,33,37). The van der Waals surface area contributed by atoms with Crippen LogP contribution in [-0.4, -0.2) is 45.9 Å². The molecule has 0 aliphatic carbocycles. The molecule has 210 valence electrons. The number of benzene rings is 3. The number of nitrogen functional groups attached to an aromatic ring is 1. The first-order chi connectivity index (χ1) is 19.8. The summed E-state index contributed by atoms with van der Waals surface area (Å²) in [7, 11) is 0. The van der Waals surface area contributed by atoms with Crippen LogP contribution >= 0.6 is 0 Å². The number of carbonyl (C=O) groups excluding carboxylic acids is 2. The summed E-state index contributed by atoms with van der Waals surface area (Å²) in [5.41, 5.74) is 4.80. The Bertz CT molecular complexity index is 1550. The number of nitrogens with zero attached hydrogens (tertiary/aromatic N) is 2. The predicted octanol–water partition coefficient (Wildman–Crippen LogP) is 3.78. The van der Waals surface area contributed by atoms with Crippen molar-refractivity contribution in [3.8, 4) is 0 Å². The van der Waals surface area contributed by atoms with Crippen LogP contribution in [0.2, 0.25) is 0 Å². The average molecular weight is 556 g/mol. The molecule has 0 radical (unpaired) electrons. The van der Waals surface area contributed by atoms with E-state index in [4.69, 9.17) is 24.7 Å². The number of hydrogen-bond acceptors (Lipinski definition) is 9. The third kappa shape index (κ3) is 6.19. The number of carbonyl (C=O) groups is 2. The lowest BCUT2D eigenvalue weighted by molar-refractivity contribution is -0.112. The number of hydrogen-bond donors (Lipinski definition) is 1. The molecule has 5 rings (SSSR count).